The van der Waals surface area contributed by atoms with Crippen LogP contribution in [0.15, 0.2) is 36.4 Å². The Balaban J connectivity index is 1.80. The Morgan fingerprint density at radius 2 is 1.50 bits per heavy atom. The molecule has 3 aliphatic heterocycles. The number of carbonyl (C=O) groups is 2. The average molecular weight is 309 g/mol. The van der Waals surface area contributed by atoms with E-state index in [0.29, 0.717) is 4.90 Å². The predicted octanol–water partition coefficient (Wildman–Crippen LogP) is 2.15. The summed E-state index contributed by atoms with van der Waals surface area (Å²) in [4.78, 5) is 25.7. The molecule has 4 rings (SSSR count). The monoisotopic (exact) mass is 309 g/mol. The van der Waals surface area contributed by atoms with Crippen molar-refractivity contribution in [1.29, 1.82) is 0 Å². The average Bonchev–Trinajstić information content (AvgIpc) is 3.12. The number of halogens is 3. The Hall–Kier alpha value is -2.15. The summed E-state index contributed by atoms with van der Waals surface area (Å²) in [7, 11) is 0. The molecule has 0 aromatic heterocycles. The number of carbonyl (C=O) groups excluding carboxylic acids is 2. The zero-order chi connectivity index (χ0) is 15.6. The molecule has 4 atom stereocenters. The molecule has 3 heterocycles. The highest BCUT2D eigenvalue weighted by atomic mass is 19.4. The molecule has 2 fully saturated rings. The SMILES string of the molecule is O=C1[C@@H]2[C@@H](C(=O)N1c1ccccc1C(F)(F)F)[C@@H]1C=C[C@@H]2O1. The van der Waals surface area contributed by atoms with Crippen molar-refractivity contribution in [1.82, 2.24) is 0 Å². The Kier molecular flexibility index (Phi) is 2.57. The lowest BCUT2D eigenvalue weighted by molar-refractivity contribution is -0.137. The Morgan fingerprint density at radius 1 is 0.955 bits per heavy atom. The number of alkyl halides is 3. The summed E-state index contributed by atoms with van der Waals surface area (Å²) >= 11 is 0. The molecule has 3 aliphatic rings. The fraction of sp³-hybridized carbons (Fsp3) is 0.333. The molecule has 2 bridgehead atoms. The van der Waals surface area contributed by atoms with E-state index in [0.717, 1.165) is 12.1 Å². The van der Waals surface area contributed by atoms with Gasteiger partial charge in [-0.05, 0) is 12.1 Å². The first-order chi connectivity index (χ1) is 10.4. The van der Waals surface area contributed by atoms with Crippen LogP contribution < -0.4 is 4.90 Å². The maximum atomic E-state index is 13.1. The first-order valence-corrected chi connectivity index (χ1v) is 6.77. The van der Waals surface area contributed by atoms with Crippen molar-refractivity contribution in [2.45, 2.75) is 18.4 Å². The number of amides is 2. The first-order valence-electron chi connectivity index (χ1n) is 6.77. The molecule has 22 heavy (non-hydrogen) atoms. The fourth-order valence-corrected chi connectivity index (χ4v) is 3.45. The van der Waals surface area contributed by atoms with E-state index in [-0.39, 0.29) is 0 Å². The second-order valence-electron chi connectivity index (χ2n) is 5.53. The highest BCUT2D eigenvalue weighted by molar-refractivity contribution is 6.23. The van der Waals surface area contributed by atoms with E-state index in [2.05, 4.69) is 0 Å². The molecule has 0 aliphatic carbocycles. The van der Waals surface area contributed by atoms with Crippen LogP contribution in [-0.4, -0.2) is 24.0 Å². The quantitative estimate of drug-likeness (QED) is 0.590. The van der Waals surface area contributed by atoms with Crippen LogP contribution in [0.3, 0.4) is 0 Å². The number of anilines is 1. The van der Waals surface area contributed by atoms with Gasteiger partial charge in [-0.3, -0.25) is 9.59 Å². The Bertz CT molecular complexity index is 682. The molecule has 4 nitrogen and oxygen atoms in total. The third kappa shape index (κ3) is 1.62. The van der Waals surface area contributed by atoms with Gasteiger partial charge in [-0.15, -0.1) is 0 Å². The Labute approximate surface area is 123 Å². The van der Waals surface area contributed by atoms with E-state index in [4.69, 9.17) is 4.74 Å². The maximum Gasteiger partial charge on any atom is 0.418 e. The molecule has 0 radical (unpaired) electrons. The lowest BCUT2D eigenvalue weighted by Gasteiger charge is -2.21. The Morgan fingerprint density at radius 3 is 2.05 bits per heavy atom. The number of nitrogens with zero attached hydrogens (tertiary/aromatic N) is 1. The van der Waals surface area contributed by atoms with Crippen molar-refractivity contribution < 1.29 is 27.5 Å². The highest BCUT2D eigenvalue weighted by Gasteiger charge is 2.61. The molecule has 114 valence electrons. The normalized spacial score (nSPS) is 33.0. The molecule has 0 unspecified atom stereocenters. The van der Waals surface area contributed by atoms with Crippen LogP contribution in [0.5, 0.6) is 0 Å². The van der Waals surface area contributed by atoms with Gasteiger partial charge in [0.15, 0.2) is 0 Å². The summed E-state index contributed by atoms with van der Waals surface area (Å²) in [6.45, 7) is 0. The van der Waals surface area contributed by atoms with Crippen LogP contribution in [0.25, 0.3) is 0 Å². The molecule has 0 N–H and O–H groups in total. The molecule has 0 saturated carbocycles. The van der Waals surface area contributed by atoms with Gasteiger partial charge in [0.25, 0.3) is 0 Å². The van der Waals surface area contributed by atoms with Crippen molar-refractivity contribution in [2.24, 2.45) is 11.8 Å². The number of benzene rings is 1. The number of hydrogen-bond acceptors (Lipinski definition) is 3. The van der Waals surface area contributed by atoms with E-state index in [1.807, 2.05) is 0 Å². The van der Waals surface area contributed by atoms with Crippen LogP contribution >= 0.6 is 0 Å². The molecule has 1 aromatic carbocycles. The van der Waals surface area contributed by atoms with Crippen LogP contribution in [0.4, 0.5) is 18.9 Å². The topological polar surface area (TPSA) is 46.6 Å². The molecule has 2 amide bonds. The molecule has 1 aromatic rings. The molecular formula is C15H10F3NO3. The number of rotatable bonds is 1. The molecule has 7 heteroatoms. The van der Waals surface area contributed by atoms with Gasteiger partial charge in [0.1, 0.15) is 0 Å². The van der Waals surface area contributed by atoms with Crippen molar-refractivity contribution in [2.75, 3.05) is 4.90 Å². The lowest BCUT2D eigenvalue weighted by atomic mass is 9.85. The van der Waals surface area contributed by atoms with Crippen LogP contribution in [-0.2, 0) is 20.5 Å². The summed E-state index contributed by atoms with van der Waals surface area (Å²) < 4.78 is 44.8. The highest BCUT2D eigenvalue weighted by Crippen LogP contribution is 2.48. The minimum atomic E-state index is -4.64. The van der Waals surface area contributed by atoms with Gasteiger partial charge in [-0.2, -0.15) is 13.2 Å². The molecular weight excluding hydrogens is 299 g/mol. The van der Waals surface area contributed by atoms with Crippen molar-refractivity contribution in [3.05, 3.63) is 42.0 Å². The minimum Gasteiger partial charge on any atom is -0.365 e. The fourth-order valence-electron chi connectivity index (χ4n) is 3.45. The van der Waals surface area contributed by atoms with Crippen LogP contribution in [0.2, 0.25) is 0 Å². The summed E-state index contributed by atoms with van der Waals surface area (Å²) in [6, 6.07) is 4.62. The third-order valence-electron chi connectivity index (χ3n) is 4.36. The summed E-state index contributed by atoms with van der Waals surface area (Å²) in [5.41, 5.74) is -1.39. The zero-order valence-corrected chi connectivity index (χ0v) is 11.1. The van der Waals surface area contributed by atoms with E-state index in [1.54, 1.807) is 12.2 Å². The second kappa shape index (κ2) is 4.19. The van der Waals surface area contributed by atoms with Gasteiger partial charge in [-0.25, -0.2) is 4.90 Å². The number of ether oxygens (including phenoxy) is 1. The summed E-state index contributed by atoms with van der Waals surface area (Å²) in [5.74, 6) is -2.68. The first kappa shape index (κ1) is 13.5. The van der Waals surface area contributed by atoms with E-state index in [9.17, 15) is 22.8 Å². The van der Waals surface area contributed by atoms with Crippen molar-refractivity contribution in [3.8, 4) is 0 Å². The van der Waals surface area contributed by atoms with Crippen molar-refractivity contribution in [3.63, 3.8) is 0 Å². The standard InChI is InChI=1S/C15H10F3NO3/c16-15(17,18)7-3-1-2-4-8(7)19-13(20)11-9-5-6-10(22-9)12(11)14(19)21/h1-6,9-12H/t9-,10-,11-,12-/m0/s1. The zero-order valence-electron chi connectivity index (χ0n) is 11.1. The molecule has 2 saturated heterocycles. The molecule has 0 spiro atoms. The summed E-state index contributed by atoms with van der Waals surface area (Å²) in [6.07, 6.45) is -2.29. The van der Waals surface area contributed by atoms with Gasteiger partial charge >= 0.3 is 6.18 Å². The van der Waals surface area contributed by atoms with E-state index in [1.165, 1.54) is 12.1 Å². The number of para-hydroxylation sites is 1. The predicted molar refractivity (Wildman–Crippen MR) is 68.7 cm³/mol. The third-order valence-corrected chi connectivity index (χ3v) is 4.36. The smallest absolute Gasteiger partial charge is 0.365 e. The number of fused-ring (bicyclic) bond motifs is 5. The van der Waals surface area contributed by atoms with Gasteiger partial charge in [0, 0.05) is 0 Å². The van der Waals surface area contributed by atoms with Gasteiger partial charge in [0.2, 0.25) is 11.8 Å². The van der Waals surface area contributed by atoms with E-state index >= 15 is 0 Å². The summed E-state index contributed by atoms with van der Waals surface area (Å²) in [5, 5.41) is 0. The van der Waals surface area contributed by atoms with Gasteiger partial charge in [0.05, 0.1) is 35.3 Å². The lowest BCUT2D eigenvalue weighted by Crippen LogP contribution is -2.35. The minimum absolute atomic E-state index is 0.404. The van der Waals surface area contributed by atoms with E-state index < -0.39 is 53.3 Å². The number of imide groups is 1. The van der Waals surface area contributed by atoms with Gasteiger partial charge in [-0.1, -0.05) is 24.3 Å². The van der Waals surface area contributed by atoms with Crippen LogP contribution in [0.1, 0.15) is 5.56 Å². The van der Waals surface area contributed by atoms with Crippen LogP contribution in [0, 0.1) is 11.8 Å². The largest absolute Gasteiger partial charge is 0.418 e. The van der Waals surface area contributed by atoms with Crippen molar-refractivity contribution >= 4 is 17.5 Å². The van der Waals surface area contributed by atoms with Gasteiger partial charge < -0.3 is 4.74 Å². The number of hydrogen-bond donors (Lipinski definition) is 0. The maximum absolute atomic E-state index is 13.1. The second-order valence-corrected chi connectivity index (χ2v) is 5.53.